The molecule has 0 aromatic heterocycles. The summed E-state index contributed by atoms with van der Waals surface area (Å²) in [4.78, 5) is 1.36. The minimum absolute atomic E-state index is 0.00488. The van der Waals surface area contributed by atoms with E-state index in [2.05, 4.69) is 10.6 Å². The molecule has 2 aliphatic heterocycles. The van der Waals surface area contributed by atoms with Gasteiger partial charge in [0, 0.05) is 42.5 Å². The van der Waals surface area contributed by atoms with E-state index in [0.29, 0.717) is 18.7 Å². The molecule has 168 valence electrons. The standard InChI is InChI=1S/C17H29N7O4S2/c18-16(19)14-12(24-6-4-17(20,8-24)9-25)1-2-13(15(14)30(21,27)28)29(26)10-23-11-3-5-22-7-11/h1-2,11,22-23,25H,3-10,20H2,(H3,18,19)(H2,21,27,28)/t11-,17?,29?/m1/s1. The summed E-state index contributed by atoms with van der Waals surface area (Å²) in [6, 6.07) is 3.18. The Kier molecular flexibility index (Phi) is 6.94. The van der Waals surface area contributed by atoms with Gasteiger partial charge in [0.1, 0.15) is 10.7 Å². The maximum absolute atomic E-state index is 13.0. The Balaban J connectivity index is 2.00. The first-order chi connectivity index (χ1) is 14.1. The number of nitrogens with zero attached hydrogens (tertiary/aromatic N) is 1. The second kappa shape index (κ2) is 8.96. The van der Waals surface area contributed by atoms with Crippen LogP contribution in [0.3, 0.4) is 0 Å². The molecule has 2 heterocycles. The van der Waals surface area contributed by atoms with Crippen molar-refractivity contribution >= 4 is 32.7 Å². The predicted molar refractivity (Wildman–Crippen MR) is 115 cm³/mol. The third-order valence-corrected chi connectivity index (χ3v) is 7.88. The fourth-order valence-electron chi connectivity index (χ4n) is 3.87. The maximum atomic E-state index is 13.0. The summed E-state index contributed by atoms with van der Waals surface area (Å²) in [5.74, 6) is -0.453. The van der Waals surface area contributed by atoms with Gasteiger partial charge in [-0.2, -0.15) is 0 Å². The minimum atomic E-state index is -4.34. The van der Waals surface area contributed by atoms with Gasteiger partial charge in [-0.15, -0.1) is 0 Å². The Bertz CT molecular complexity index is 908. The van der Waals surface area contributed by atoms with Crippen molar-refractivity contribution in [3.05, 3.63) is 17.7 Å². The van der Waals surface area contributed by atoms with Crippen LogP contribution in [0.25, 0.3) is 0 Å². The van der Waals surface area contributed by atoms with Crippen molar-refractivity contribution in [3.63, 3.8) is 0 Å². The Morgan fingerprint density at radius 1 is 1.50 bits per heavy atom. The second-order valence-corrected chi connectivity index (χ2v) is 10.7. The molecule has 1 aromatic rings. The number of anilines is 1. The van der Waals surface area contributed by atoms with Crippen molar-refractivity contribution in [3.8, 4) is 0 Å². The first kappa shape index (κ1) is 23.2. The van der Waals surface area contributed by atoms with Gasteiger partial charge >= 0.3 is 0 Å². The van der Waals surface area contributed by atoms with Crippen LogP contribution >= 0.6 is 0 Å². The average Bonchev–Trinajstić information content (AvgIpc) is 3.34. The number of aliphatic hydroxyl groups excluding tert-OH is 1. The van der Waals surface area contributed by atoms with Crippen molar-refractivity contribution in [2.75, 3.05) is 43.6 Å². The van der Waals surface area contributed by atoms with Gasteiger partial charge in [0.05, 0.1) is 17.7 Å². The van der Waals surface area contributed by atoms with Crippen LogP contribution in [0.15, 0.2) is 21.9 Å². The van der Waals surface area contributed by atoms with Gasteiger partial charge in [0.25, 0.3) is 0 Å². The van der Waals surface area contributed by atoms with E-state index < -0.39 is 37.5 Å². The smallest absolute Gasteiger partial charge is 0.243 e. The van der Waals surface area contributed by atoms with E-state index in [1.807, 2.05) is 0 Å². The van der Waals surface area contributed by atoms with Crippen LogP contribution in [0.2, 0.25) is 0 Å². The Hall–Kier alpha value is -1.45. The van der Waals surface area contributed by atoms with E-state index in [4.69, 9.17) is 22.0 Å². The highest BCUT2D eigenvalue weighted by Gasteiger charge is 2.38. The zero-order valence-corrected chi connectivity index (χ0v) is 18.2. The third-order valence-electron chi connectivity index (χ3n) is 5.50. The fourth-order valence-corrected chi connectivity index (χ4v) is 6.42. The van der Waals surface area contributed by atoms with Crippen LogP contribution in [-0.4, -0.2) is 74.2 Å². The molecule has 2 aliphatic rings. The average molecular weight is 460 g/mol. The van der Waals surface area contributed by atoms with Crippen LogP contribution < -0.4 is 32.1 Å². The molecule has 2 unspecified atom stereocenters. The quantitative estimate of drug-likeness (QED) is 0.125. The first-order valence-electron chi connectivity index (χ1n) is 9.57. The molecule has 0 bridgehead atoms. The number of nitrogens with two attached hydrogens (primary N) is 3. The largest absolute Gasteiger partial charge is 0.610 e. The van der Waals surface area contributed by atoms with Gasteiger partial charge in [-0.05, 0) is 31.5 Å². The summed E-state index contributed by atoms with van der Waals surface area (Å²) < 4.78 is 37.9. The lowest BCUT2D eigenvalue weighted by Gasteiger charge is -2.27. The molecule has 3 rings (SSSR count). The number of primary sulfonamides is 1. The van der Waals surface area contributed by atoms with Crippen molar-refractivity contribution in [1.82, 2.24) is 10.6 Å². The van der Waals surface area contributed by atoms with Gasteiger partial charge in [0.15, 0.2) is 10.8 Å². The van der Waals surface area contributed by atoms with Crippen molar-refractivity contribution in [1.29, 1.82) is 5.41 Å². The Labute approximate surface area is 179 Å². The van der Waals surface area contributed by atoms with E-state index in [9.17, 15) is 18.1 Å². The van der Waals surface area contributed by atoms with Gasteiger partial charge in [-0.1, -0.05) is 0 Å². The molecule has 0 saturated carbocycles. The van der Waals surface area contributed by atoms with Gasteiger partial charge in [0.2, 0.25) is 10.0 Å². The number of hydrogen-bond acceptors (Lipinski definition) is 9. The molecular weight excluding hydrogens is 430 g/mol. The SMILES string of the molecule is N=C(N)c1c(N2CCC(N)(CO)C2)ccc([S+]([O-])CN[C@@H]2CCNC2)c1S(N)(=O)=O. The van der Waals surface area contributed by atoms with Gasteiger partial charge in [-0.25, -0.2) is 13.6 Å². The zero-order chi connectivity index (χ0) is 22.1. The van der Waals surface area contributed by atoms with Crippen LogP contribution in [0.1, 0.15) is 18.4 Å². The summed E-state index contributed by atoms with van der Waals surface area (Å²) in [5.41, 5.74) is 11.3. The first-order valence-corrected chi connectivity index (χ1v) is 12.4. The van der Waals surface area contributed by atoms with Gasteiger partial charge in [-0.3, -0.25) is 10.7 Å². The van der Waals surface area contributed by atoms with E-state index in [1.54, 1.807) is 11.0 Å². The number of aliphatic hydroxyl groups is 1. The molecule has 3 atom stereocenters. The molecule has 11 nitrogen and oxygen atoms in total. The van der Waals surface area contributed by atoms with Crippen LogP contribution in [0.5, 0.6) is 0 Å². The molecule has 0 radical (unpaired) electrons. The Morgan fingerprint density at radius 2 is 2.23 bits per heavy atom. The highest BCUT2D eigenvalue weighted by Crippen LogP contribution is 2.35. The number of rotatable bonds is 8. The van der Waals surface area contributed by atoms with E-state index in [-0.39, 0.29) is 35.5 Å². The molecule has 0 aliphatic carbocycles. The predicted octanol–water partition coefficient (Wildman–Crippen LogP) is -2.47. The van der Waals surface area contributed by atoms with E-state index in [1.165, 1.54) is 6.07 Å². The van der Waals surface area contributed by atoms with E-state index in [0.717, 1.165) is 19.5 Å². The number of benzene rings is 1. The van der Waals surface area contributed by atoms with Crippen LogP contribution in [-0.2, 0) is 21.2 Å². The van der Waals surface area contributed by atoms with E-state index >= 15 is 0 Å². The summed E-state index contributed by atoms with van der Waals surface area (Å²) in [7, 11) is -4.34. The highest BCUT2D eigenvalue weighted by molar-refractivity contribution is 7.93. The van der Waals surface area contributed by atoms with Crippen molar-refractivity contribution < 1.29 is 18.1 Å². The summed E-state index contributed by atoms with van der Waals surface area (Å²) >= 11 is -1.72. The lowest BCUT2D eigenvalue weighted by Crippen LogP contribution is -2.46. The lowest BCUT2D eigenvalue weighted by molar-refractivity contribution is 0.210. The molecule has 1 aromatic carbocycles. The maximum Gasteiger partial charge on any atom is 0.243 e. The monoisotopic (exact) mass is 459 g/mol. The van der Waals surface area contributed by atoms with Crippen molar-refractivity contribution in [2.45, 2.75) is 34.2 Å². The highest BCUT2D eigenvalue weighted by atomic mass is 32.2. The molecule has 10 N–H and O–H groups in total. The van der Waals surface area contributed by atoms with Crippen molar-refractivity contribution in [2.24, 2.45) is 16.6 Å². The summed E-state index contributed by atoms with van der Waals surface area (Å²) in [6.07, 6.45) is 1.37. The normalized spacial score (nSPS) is 25.6. The number of sulfonamides is 1. The molecule has 13 heteroatoms. The summed E-state index contributed by atoms with van der Waals surface area (Å²) in [5, 5.41) is 29.4. The third kappa shape index (κ3) is 4.89. The number of nitrogens with one attached hydrogen (secondary N) is 3. The minimum Gasteiger partial charge on any atom is -0.610 e. The fraction of sp³-hybridized carbons (Fsp3) is 0.588. The Morgan fingerprint density at radius 3 is 2.77 bits per heavy atom. The topological polar surface area (TPSA) is 207 Å². The lowest BCUT2D eigenvalue weighted by atomic mass is 10.0. The van der Waals surface area contributed by atoms with Crippen LogP contribution in [0, 0.1) is 5.41 Å². The van der Waals surface area contributed by atoms with Crippen LogP contribution in [0.4, 0.5) is 5.69 Å². The molecule has 30 heavy (non-hydrogen) atoms. The molecule has 2 fully saturated rings. The zero-order valence-electron chi connectivity index (χ0n) is 16.6. The molecule has 0 amide bonds. The molecule has 2 saturated heterocycles. The summed E-state index contributed by atoms with van der Waals surface area (Å²) in [6.45, 7) is 2.08. The number of nitrogen functional groups attached to an aromatic ring is 1. The number of hydrogen-bond donors (Lipinski definition) is 7. The van der Waals surface area contributed by atoms with Gasteiger partial charge < -0.3 is 31.3 Å². The molecule has 0 spiro atoms. The number of amidine groups is 1. The second-order valence-electron chi connectivity index (χ2n) is 7.82. The molecular formula is C17H29N7O4S2.